The average molecular weight is 291 g/mol. The maximum atomic E-state index is 11.2. The zero-order chi connectivity index (χ0) is 15.1. The van der Waals surface area contributed by atoms with Crippen LogP contribution in [0, 0.1) is 6.92 Å². The van der Waals surface area contributed by atoms with Gasteiger partial charge in [-0.05, 0) is 26.3 Å². The molecule has 6 nitrogen and oxygen atoms in total. The van der Waals surface area contributed by atoms with E-state index in [-0.39, 0.29) is 5.97 Å². The highest BCUT2D eigenvalue weighted by molar-refractivity contribution is 5.74. The SMILES string of the molecule is CCOC(=O)CCCOCCn1c(C)nc2cnccc21. The molecule has 2 heterocycles. The van der Waals surface area contributed by atoms with Crippen LogP contribution in [-0.2, 0) is 20.8 Å². The summed E-state index contributed by atoms with van der Waals surface area (Å²) in [4.78, 5) is 19.7. The first-order valence-electron chi connectivity index (χ1n) is 7.22. The fourth-order valence-corrected chi connectivity index (χ4v) is 2.19. The summed E-state index contributed by atoms with van der Waals surface area (Å²) in [7, 11) is 0. The first kappa shape index (κ1) is 15.4. The van der Waals surface area contributed by atoms with Gasteiger partial charge in [-0.1, -0.05) is 0 Å². The molecule has 0 unspecified atom stereocenters. The number of ether oxygens (including phenoxy) is 2. The van der Waals surface area contributed by atoms with E-state index in [1.807, 2.05) is 19.9 Å². The Kier molecular flexibility index (Phi) is 5.68. The molecule has 0 saturated carbocycles. The summed E-state index contributed by atoms with van der Waals surface area (Å²) in [5, 5.41) is 0. The summed E-state index contributed by atoms with van der Waals surface area (Å²) in [5.74, 6) is 0.790. The van der Waals surface area contributed by atoms with Gasteiger partial charge in [-0.15, -0.1) is 0 Å². The predicted molar refractivity (Wildman–Crippen MR) is 79.0 cm³/mol. The highest BCUT2D eigenvalue weighted by atomic mass is 16.5. The molecule has 0 radical (unpaired) electrons. The summed E-state index contributed by atoms with van der Waals surface area (Å²) in [6.07, 6.45) is 4.62. The summed E-state index contributed by atoms with van der Waals surface area (Å²) in [6, 6.07) is 1.95. The molecule has 0 aliphatic heterocycles. The van der Waals surface area contributed by atoms with E-state index in [4.69, 9.17) is 9.47 Å². The van der Waals surface area contributed by atoms with Crippen molar-refractivity contribution >= 4 is 17.0 Å². The van der Waals surface area contributed by atoms with Crippen molar-refractivity contribution in [1.29, 1.82) is 0 Å². The van der Waals surface area contributed by atoms with Crippen molar-refractivity contribution in [3.05, 3.63) is 24.3 Å². The summed E-state index contributed by atoms with van der Waals surface area (Å²) >= 11 is 0. The molecule has 0 aromatic carbocycles. The number of imidazole rings is 1. The van der Waals surface area contributed by atoms with Crippen LogP contribution in [0.1, 0.15) is 25.6 Å². The third-order valence-corrected chi connectivity index (χ3v) is 3.18. The Morgan fingerprint density at radius 3 is 3.05 bits per heavy atom. The minimum absolute atomic E-state index is 0.162. The topological polar surface area (TPSA) is 66.2 Å². The van der Waals surface area contributed by atoms with Crippen molar-refractivity contribution in [2.75, 3.05) is 19.8 Å². The number of nitrogens with zero attached hydrogens (tertiary/aromatic N) is 3. The number of esters is 1. The lowest BCUT2D eigenvalue weighted by molar-refractivity contribution is -0.143. The van der Waals surface area contributed by atoms with Gasteiger partial charge in [-0.2, -0.15) is 0 Å². The van der Waals surface area contributed by atoms with E-state index in [1.165, 1.54) is 0 Å². The molecule has 0 N–H and O–H groups in total. The van der Waals surface area contributed by atoms with Crippen LogP contribution in [0.25, 0.3) is 11.0 Å². The molecule has 21 heavy (non-hydrogen) atoms. The van der Waals surface area contributed by atoms with Gasteiger partial charge in [0.15, 0.2) is 0 Å². The Bertz CT molecular complexity index is 595. The second-order valence-electron chi connectivity index (χ2n) is 4.70. The molecule has 2 rings (SSSR count). The van der Waals surface area contributed by atoms with Gasteiger partial charge >= 0.3 is 5.97 Å². The molecule has 0 amide bonds. The van der Waals surface area contributed by atoms with Crippen LogP contribution in [0.15, 0.2) is 18.5 Å². The van der Waals surface area contributed by atoms with Crippen LogP contribution in [0.2, 0.25) is 0 Å². The van der Waals surface area contributed by atoms with E-state index in [0.29, 0.717) is 32.7 Å². The van der Waals surface area contributed by atoms with Crippen molar-refractivity contribution < 1.29 is 14.3 Å². The van der Waals surface area contributed by atoms with Crippen LogP contribution in [-0.4, -0.2) is 40.3 Å². The highest BCUT2D eigenvalue weighted by Crippen LogP contribution is 2.13. The second kappa shape index (κ2) is 7.73. The third-order valence-electron chi connectivity index (χ3n) is 3.18. The van der Waals surface area contributed by atoms with Gasteiger partial charge in [0.2, 0.25) is 0 Å². The van der Waals surface area contributed by atoms with E-state index in [0.717, 1.165) is 23.4 Å². The largest absolute Gasteiger partial charge is 0.466 e. The summed E-state index contributed by atoms with van der Waals surface area (Å²) in [5.41, 5.74) is 1.97. The number of hydrogen-bond donors (Lipinski definition) is 0. The number of aromatic nitrogens is 3. The lowest BCUT2D eigenvalue weighted by atomic mass is 10.3. The van der Waals surface area contributed by atoms with Gasteiger partial charge in [-0.3, -0.25) is 9.78 Å². The van der Waals surface area contributed by atoms with Gasteiger partial charge in [0.1, 0.15) is 11.3 Å². The molecule has 0 bridgehead atoms. The van der Waals surface area contributed by atoms with Gasteiger partial charge < -0.3 is 14.0 Å². The summed E-state index contributed by atoms with van der Waals surface area (Å²) < 4.78 is 12.5. The lowest BCUT2D eigenvalue weighted by Gasteiger charge is -2.08. The molecule has 6 heteroatoms. The molecular formula is C15H21N3O3. The van der Waals surface area contributed by atoms with Crippen LogP contribution in [0.4, 0.5) is 0 Å². The van der Waals surface area contributed by atoms with Gasteiger partial charge in [-0.25, -0.2) is 4.98 Å². The first-order valence-corrected chi connectivity index (χ1v) is 7.22. The second-order valence-corrected chi connectivity index (χ2v) is 4.70. The van der Waals surface area contributed by atoms with Gasteiger partial charge in [0.25, 0.3) is 0 Å². The quantitative estimate of drug-likeness (QED) is 0.550. The first-order chi connectivity index (χ1) is 10.2. The zero-order valence-corrected chi connectivity index (χ0v) is 12.5. The molecule has 2 aromatic rings. The summed E-state index contributed by atoms with van der Waals surface area (Å²) in [6.45, 7) is 6.11. The molecule has 2 aromatic heterocycles. The molecular weight excluding hydrogens is 270 g/mol. The Morgan fingerprint density at radius 2 is 2.24 bits per heavy atom. The Hall–Kier alpha value is -1.95. The normalized spacial score (nSPS) is 11.0. The van der Waals surface area contributed by atoms with Crippen LogP contribution < -0.4 is 0 Å². The number of rotatable bonds is 8. The number of fused-ring (bicyclic) bond motifs is 1. The maximum Gasteiger partial charge on any atom is 0.305 e. The highest BCUT2D eigenvalue weighted by Gasteiger charge is 2.06. The minimum atomic E-state index is -0.162. The lowest BCUT2D eigenvalue weighted by Crippen LogP contribution is -2.10. The molecule has 0 aliphatic carbocycles. The Balaban J connectivity index is 1.73. The minimum Gasteiger partial charge on any atom is -0.466 e. The van der Waals surface area contributed by atoms with Crippen LogP contribution in [0.3, 0.4) is 0 Å². The van der Waals surface area contributed by atoms with Gasteiger partial charge in [0, 0.05) is 25.8 Å². The van der Waals surface area contributed by atoms with Crippen LogP contribution in [0.5, 0.6) is 0 Å². The molecule has 0 saturated heterocycles. The van der Waals surface area contributed by atoms with Crippen LogP contribution >= 0.6 is 0 Å². The van der Waals surface area contributed by atoms with E-state index in [9.17, 15) is 4.79 Å². The fraction of sp³-hybridized carbons (Fsp3) is 0.533. The van der Waals surface area contributed by atoms with E-state index < -0.39 is 0 Å². The number of carbonyl (C=O) groups excluding carboxylic acids is 1. The standard InChI is InChI=1S/C15H21N3O3/c1-3-21-15(19)5-4-9-20-10-8-18-12(2)17-13-11-16-7-6-14(13)18/h6-7,11H,3-5,8-10H2,1-2H3. The van der Waals surface area contributed by atoms with Crippen molar-refractivity contribution in [3.63, 3.8) is 0 Å². The van der Waals surface area contributed by atoms with Crippen molar-refractivity contribution in [2.24, 2.45) is 0 Å². The smallest absolute Gasteiger partial charge is 0.305 e. The van der Waals surface area contributed by atoms with E-state index >= 15 is 0 Å². The van der Waals surface area contributed by atoms with Gasteiger partial charge in [0.05, 0.1) is 24.9 Å². The number of hydrogen-bond acceptors (Lipinski definition) is 5. The predicted octanol–water partition coefficient (Wildman–Crippen LogP) is 2.10. The molecule has 0 atom stereocenters. The Morgan fingerprint density at radius 1 is 1.38 bits per heavy atom. The number of carbonyl (C=O) groups is 1. The van der Waals surface area contributed by atoms with E-state index in [1.54, 1.807) is 12.4 Å². The van der Waals surface area contributed by atoms with Crippen molar-refractivity contribution in [2.45, 2.75) is 33.2 Å². The molecule has 114 valence electrons. The zero-order valence-electron chi connectivity index (χ0n) is 12.5. The molecule has 0 spiro atoms. The number of pyridine rings is 1. The fourth-order valence-electron chi connectivity index (χ4n) is 2.19. The third kappa shape index (κ3) is 4.26. The molecule has 0 fully saturated rings. The maximum absolute atomic E-state index is 11.2. The number of aryl methyl sites for hydroxylation is 1. The van der Waals surface area contributed by atoms with E-state index in [2.05, 4.69) is 14.5 Å². The Labute approximate surface area is 124 Å². The van der Waals surface area contributed by atoms with Crippen molar-refractivity contribution in [1.82, 2.24) is 14.5 Å². The monoisotopic (exact) mass is 291 g/mol. The average Bonchev–Trinajstić information content (AvgIpc) is 2.79. The van der Waals surface area contributed by atoms with Crippen molar-refractivity contribution in [3.8, 4) is 0 Å². The molecule has 0 aliphatic rings.